The molecule has 2 heterocycles. The molecule has 0 spiro atoms. The van der Waals surface area contributed by atoms with Crippen LogP contribution >= 0.6 is 0 Å². The third-order valence-corrected chi connectivity index (χ3v) is 5.19. The van der Waals surface area contributed by atoms with E-state index >= 15 is 0 Å². The van der Waals surface area contributed by atoms with E-state index in [0.717, 1.165) is 55.5 Å². The normalized spacial score (nSPS) is 16.5. The second-order valence-corrected chi connectivity index (χ2v) is 7.02. The molecule has 2 aromatic rings. The van der Waals surface area contributed by atoms with Crippen LogP contribution in [0.15, 0.2) is 22.6 Å². The fraction of sp³-hybridized carbons (Fsp3) is 0.500. The molecule has 4 rings (SSSR count). The molecule has 6 nitrogen and oxygen atoms in total. The minimum atomic E-state index is -0.285. The van der Waals surface area contributed by atoms with Gasteiger partial charge in [0.1, 0.15) is 17.1 Å². The molecule has 1 fully saturated rings. The van der Waals surface area contributed by atoms with Crippen molar-refractivity contribution >= 4 is 22.8 Å². The number of ether oxygens (including phenoxy) is 1. The highest BCUT2D eigenvalue weighted by atomic mass is 16.5. The number of hydrogen-bond acceptors (Lipinski definition) is 4. The van der Waals surface area contributed by atoms with Gasteiger partial charge in [-0.05, 0) is 50.3 Å². The third kappa shape index (κ3) is 3.54. The zero-order valence-corrected chi connectivity index (χ0v) is 14.9. The van der Waals surface area contributed by atoms with Crippen LogP contribution in [-0.2, 0) is 22.4 Å². The first kappa shape index (κ1) is 16.9. The van der Waals surface area contributed by atoms with Crippen LogP contribution in [0.25, 0.3) is 11.0 Å². The van der Waals surface area contributed by atoms with Crippen LogP contribution in [0.3, 0.4) is 0 Å². The number of nitrogens with zero attached hydrogens (tertiary/aromatic N) is 1. The van der Waals surface area contributed by atoms with Crippen molar-refractivity contribution in [2.75, 3.05) is 26.2 Å². The van der Waals surface area contributed by atoms with Gasteiger partial charge in [0.25, 0.3) is 5.91 Å². The molecule has 1 saturated heterocycles. The summed E-state index contributed by atoms with van der Waals surface area (Å²) in [7, 11) is 0. The zero-order chi connectivity index (χ0) is 17.9. The second-order valence-electron chi connectivity index (χ2n) is 7.02. The first-order chi connectivity index (χ1) is 12.7. The van der Waals surface area contributed by atoms with Crippen molar-refractivity contribution in [2.45, 2.75) is 38.5 Å². The molecule has 6 heteroatoms. The number of benzene rings is 1. The molecular formula is C20H24N2O4. The van der Waals surface area contributed by atoms with Gasteiger partial charge in [0.2, 0.25) is 5.91 Å². The lowest BCUT2D eigenvalue weighted by molar-refractivity contribution is -0.132. The Hall–Kier alpha value is -2.50. The standard InChI is InChI=1S/C20H24N2O4/c23-19(21-12-20(24)22-9-3-4-10-22)13-25-14-7-8-18-16(11-14)15-5-1-2-6-17(15)26-18/h7-8,11H,1-6,9-10,12-13H2,(H,21,23). The summed E-state index contributed by atoms with van der Waals surface area (Å²) in [5.41, 5.74) is 2.15. The fourth-order valence-electron chi connectivity index (χ4n) is 3.78. The van der Waals surface area contributed by atoms with E-state index < -0.39 is 0 Å². The van der Waals surface area contributed by atoms with Crippen LogP contribution in [0.1, 0.15) is 37.0 Å². The number of aryl methyl sites for hydroxylation is 2. The van der Waals surface area contributed by atoms with Crippen LogP contribution in [0.4, 0.5) is 0 Å². The largest absolute Gasteiger partial charge is 0.484 e. The van der Waals surface area contributed by atoms with E-state index in [1.807, 2.05) is 18.2 Å². The monoisotopic (exact) mass is 356 g/mol. The van der Waals surface area contributed by atoms with E-state index in [4.69, 9.17) is 9.15 Å². The van der Waals surface area contributed by atoms with Crippen molar-refractivity contribution in [3.63, 3.8) is 0 Å². The molecular weight excluding hydrogens is 332 g/mol. The molecule has 0 unspecified atom stereocenters. The van der Waals surface area contributed by atoms with Crippen molar-refractivity contribution in [1.82, 2.24) is 10.2 Å². The quantitative estimate of drug-likeness (QED) is 0.893. The molecule has 1 aliphatic heterocycles. The Balaban J connectivity index is 1.32. The van der Waals surface area contributed by atoms with E-state index in [1.165, 1.54) is 18.4 Å². The minimum absolute atomic E-state index is 0.0257. The lowest BCUT2D eigenvalue weighted by Crippen LogP contribution is -2.40. The van der Waals surface area contributed by atoms with Gasteiger partial charge < -0.3 is 19.4 Å². The molecule has 0 atom stereocenters. The Labute approximate surface area is 152 Å². The van der Waals surface area contributed by atoms with Gasteiger partial charge in [0, 0.05) is 30.5 Å². The molecule has 0 bridgehead atoms. The van der Waals surface area contributed by atoms with Crippen LogP contribution in [0.5, 0.6) is 5.75 Å². The summed E-state index contributed by atoms with van der Waals surface area (Å²) in [6.45, 7) is 1.52. The summed E-state index contributed by atoms with van der Waals surface area (Å²) >= 11 is 0. The Morgan fingerprint density at radius 2 is 1.92 bits per heavy atom. The summed E-state index contributed by atoms with van der Waals surface area (Å²) in [6.07, 6.45) is 6.47. The topological polar surface area (TPSA) is 71.8 Å². The van der Waals surface area contributed by atoms with Crippen LogP contribution in [-0.4, -0.2) is 43.0 Å². The highest BCUT2D eigenvalue weighted by Gasteiger charge is 2.19. The number of hydrogen-bond donors (Lipinski definition) is 1. The number of rotatable bonds is 5. The highest BCUT2D eigenvalue weighted by Crippen LogP contribution is 2.33. The molecule has 2 aliphatic rings. The van der Waals surface area contributed by atoms with Gasteiger partial charge in [-0.1, -0.05) is 0 Å². The number of amides is 2. The fourth-order valence-corrected chi connectivity index (χ4v) is 3.78. The predicted molar refractivity (Wildman–Crippen MR) is 97.2 cm³/mol. The Morgan fingerprint density at radius 1 is 1.12 bits per heavy atom. The molecule has 1 aromatic heterocycles. The lowest BCUT2D eigenvalue weighted by Gasteiger charge is -2.15. The first-order valence-electron chi connectivity index (χ1n) is 9.42. The van der Waals surface area contributed by atoms with Gasteiger partial charge in [-0.2, -0.15) is 0 Å². The van der Waals surface area contributed by atoms with Crippen molar-refractivity contribution in [3.05, 3.63) is 29.5 Å². The van der Waals surface area contributed by atoms with E-state index in [9.17, 15) is 9.59 Å². The maximum Gasteiger partial charge on any atom is 0.258 e. The van der Waals surface area contributed by atoms with Crippen molar-refractivity contribution < 1.29 is 18.7 Å². The van der Waals surface area contributed by atoms with Gasteiger partial charge in [-0.3, -0.25) is 9.59 Å². The number of carbonyl (C=O) groups excluding carboxylic acids is 2. The van der Waals surface area contributed by atoms with Gasteiger partial charge in [0.05, 0.1) is 6.54 Å². The molecule has 1 aromatic carbocycles. The molecule has 0 radical (unpaired) electrons. The maximum atomic E-state index is 12.0. The number of nitrogens with one attached hydrogen (secondary N) is 1. The van der Waals surface area contributed by atoms with Gasteiger partial charge >= 0.3 is 0 Å². The average molecular weight is 356 g/mol. The molecule has 26 heavy (non-hydrogen) atoms. The summed E-state index contributed by atoms with van der Waals surface area (Å²) in [5.74, 6) is 1.42. The third-order valence-electron chi connectivity index (χ3n) is 5.19. The Morgan fingerprint density at radius 3 is 2.77 bits per heavy atom. The molecule has 2 amide bonds. The average Bonchev–Trinajstić information content (AvgIpc) is 3.32. The van der Waals surface area contributed by atoms with E-state index in [0.29, 0.717) is 5.75 Å². The van der Waals surface area contributed by atoms with Gasteiger partial charge in [0.15, 0.2) is 6.61 Å². The minimum Gasteiger partial charge on any atom is -0.484 e. The predicted octanol–water partition coefficient (Wildman–Crippen LogP) is 2.43. The summed E-state index contributed by atoms with van der Waals surface area (Å²) in [5, 5.41) is 3.72. The molecule has 1 N–H and O–H groups in total. The van der Waals surface area contributed by atoms with E-state index in [1.54, 1.807) is 4.90 Å². The van der Waals surface area contributed by atoms with Crippen LogP contribution < -0.4 is 10.1 Å². The number of carbonyl (C=O) groups is 2. The van der Waals surface area contributed by atoms with Crippen LogP contribution in [0.2, 0.25) is 0 Å². The van der Waals surface area contributed by atoms with Crippen LogP contribution in [0, 0.1) is 0 Å². The lowest BCUT2D eigenvalue weighted by atomic mass is 9.96. The number of likely N-dealkylation sites (tertiary alicyclic amines) is 1. The molecule has 0 saturated carbocycles. The first-order valence-corrected chi connectivity index (χ1v) is 9.42. The summed E-state index contributed by atoms with van der Waals surface area (Å²) in [6, 6.07) is 5.67. The smallest absolute Gasteiger partial charge is 0.258 e. The second kappa shape index (κ2) is 7.40. The zero-order valence-electron chi connectivity index (χ0n) is 14.9. The number of furan rings is 1. The summed E-state index contributed by atoms with van der Waals surface area (Å²) in [4.78, 5) is 25.7. The Kier molecular flexibility index (Phi) is 4.82. The van der Waals surface area contributed by atoms with Crippen molar-refractivity contribution in [3.8, 4) is 5.75 Å². The van der Waals surface area contributed by atoms with E-state index in [-0.39, 0.29) is 25.0 Å². The van der Waals surface area contributed by atoms with Gasteiger partial charge in [-0.15, -0.1) is 0 Å². The van der Waals surface area contributed by atoms with Crippen molar-refractivity contribution in [2.24, 2.45) is 0 Å². The van der Waals surface area contributed by atoms with Gasteiger partial charge in [-0.25, -0.2) is 0 Å². The molecule has 138 valence electrons. The number of fused-ring (bicyclic) bond motifs is 3. The Bertz CT molecular complexity index is 821. The van der Waals surface area contributed by atoms with Crippen molar-refractivity contribution in [1.29, 1.82) is 0 Å². The summed E-state index contributed by atoms with van der Waals surface area (Å²) < 4.78 is 11.5. The molecule has 1 aliphatic carbocycles. The SMILES string of the molecule is O=C(COc1ccc2oc3c(c2c1)CCCC3)NCC(=O)N1CCCC1. The highest BCUT2D eigenvalue weighted by molar-refractivity contribution is 5.86. The maximum absolute atomic E-state index is 12.0. The van der Waals surface area contributed by atoms with E-state index in [2.05, 4.69) is 5.32 Å².